The molecule has 0 atom stereocenters. The highest BCUT2D eigenvalue weighted by Crippen LogP contribution is 2.28. The van der Waals surface area contributed by atoms with Gasteiger partial charge in [0.05, 0.1) is 17.4 Å². The number of hydrogen-bond donors (Lipinski definition) is 1. The Hall–Kier alpha value is -2.48. The second kappa shape index (κ2) is 13.6. The van der Waals surface area contributed by atoms with Crippen LogP contribution in [0, 0.1) is 0 Å². The lowest BCUT2D eigenvalue weighted by atomic mass is 10.0. The molecule has 0 radical (unpaired) electrons. The van der Waals surface area contributed by atoms with Crippen LogP contribution in [0.3, 0.4) is 0 Å². The summed E-state index contributed by atoms with van der Waals surface area (Å²) < 4.78 is 7.75. The van der Waals surface area contributed by atoms with Crippen molar-refractivity contribution >= 4 is 46.6 Å². The lowest BCUT2D eigenvalue weighted by Crippen LogP contribution is -2.17. The molecule has 0 saturated carbocycles. The van der Waals surface area contributed by atoms with Gasteiger partial charge in [-0.3, -0.25) is 4.79 Å². The number of aryl methyl sites for hydroxylation is 3. The second-order valence-corrected chi connectivity index (χ2v) is 9.61. The summed E-state index contributed by atoms with van der Waals surface area (Å²) in [5, 5.41) is 13.5. The van der Waals surface area contributed by atoms with Crippen molar-refractivity contribution in [2.75, 3.05) is 17.7 Å². The number of rotatable bonds is 13. The first-order valence-electron chi connectivity index (χ1n) is 11.6. The summed E-state index contributed by atoms with van der Waals surface area (Å²) in [6.45, 7) is 9.07. The summed E-state index contributed by atoms with van der Waals surface area (Å²) in [5.41, 5.74) is 3.21. The fourth-order valence-corrected chi connectivity index (χ4v) is 4.87. The summed E-state index contributed by atoms with van der Waals surface area (Å²) in [6, 6.07) is 11.3. The zero-order valence-electron chi connectivity index (χ0n) is 20.0. The van der Waals surface area contributed by atoms with Gasteiger partial charge in [0.15, 0.2) is 5.16 Å². The number of nitrogens with zero attached hydrogens (tertiary/aromatic N) is 3. The number of halogens is 2. The van der Waals surface area contributed by atoms with Crippen molar-refractivity contribution in [2.24, 2.45) is 0 Å². The molecule has 0 unspecified atom stereocenters. The molecule has 1 N–H and O–H groups in total. The van der Waals surface area contributed by atoms with Gasteiger partial charge in [0.2, 0.25) is 5.91 Å². The summed E-state index contributed by atoms with van der Waals surface area (Å²) in [5.74, 6) is 1.60. The molecule has 3 rings (SSSR count). The third-order valence-corrected chi connectivity index (χ3v) is 6.89. The summed E-state index contributed by atoms with van der Waals surface area (Å²) in [6.07, 6.45) is 4.92. The zero-order chi connectivity index (χ0) is 25.2. The molecule has 1 heterocycles. The molecule has 9 heteroatoms. The first kappa shape index (κ1) is 27.1. The highest BCUT2D eigenvalue weighted by molar-refractivity contribution is 7.99. The molecule has 0 saturated heterocycles. The predicted octanol–water partition coefficient (Wildman–Crippen LogP) is 6.64. The Morgan fingerprint density at radius 3 is 2.57 bits per heavy atom. The Morgan fingerprint density at radius 1 is 1.17 bits per heavy atom. The number of ether oxygens (including phenoxy) is 1. The molecule has 3 aromatic rings. The van der Waals surface area contributed by atoms with Crippen molar-refractivity contribution in [3.05, 3.63) is 76.0 Å². The standard InChI is InChI=1S/C26H30Cl2N4O2S/c1-4-14-32-23(11-8-15-34-22-13-12-20(27)16-21(22)28)30-31-26(32)35-17-24(33)29-25-18(5-2)9-7-10-19(25)6-3/h4,7,9-10,12-13,16H,1,5-6,8,11,14-15,17H2,2-3H3,(H,29,33). The molecule has 0 spiro atoms. The number of allylic oxidation sites excluding steroid dienone is 1. The van der Waals surface area contributed by atoms with E-state index in [2.05, 4.69) is 48.1 Å². The number of para-hydroxylation sites is 1. The maximum absolute atomic E-state index is 12.7. The minimum Gasteiger partial charge on any atom is -0.492 e. The van der Waals surface area contributed by atoms with Crippen LogP contribution in [0.2, 0.25) is 10.0 Å². The minimum absolute atomic E-state index is 0.0615. The van der Waals surface area contributed by atoms with Crippen LogP contribution in [-0.2, 0) is 30.6 Å². The topological polar surface area (TPSA) is 69.0 Å². The van der Waals surface area contributed by atoms with E-state index in [9.17, 15) is 4.79 Å². The normalized spacial score (nSPS) is 10.9. The predicted molar refractivity (Wildman–Crippen MR) is 145 cm³/mol. The van der Waals surface area contributed by atoms with Crippen LogP contribution in [0.4, 0.5) is 5.69 Å². The summed E-state index contributed by atoms with van der Waals surface area (Å²) in [4.78, 5) is 12.7. The Kier molecular flexibility index (Phi) is 10.5. The van der Waals surface area contributed by atoms with Gasteiger partial charge in [-0.25, -0.2) is 0 Å². The van der Waals surface area contributed by atoms with Crippen molar-refractivity contribution in [1.29, 1.82) is 0 Å². The lowest BCUT2D eigenvalue weighted by Gasteiger charge is -2.14. The monoisotopic (exact) mass is 532 g/mol. The van der Waals surface area contributed by atoms with E-state index in [1.807, 2.05) is 10.6 Å². The van der Waals surface area contributed by atoms with E-state index in [1.54, 1.807) is 24.3 Å². The average Bonchev–Trinajstić information content (AvgIpc) is 3.23. The zero-order valence-corrected chi connectivity index (χ0v) is 22.3. The van der Waals surface area contributed by atoms with E-state index in [-0.39, 0.29) is 11.7 Å². The Bertz CT molecular complexity index is 1140. The molecule has 186 valence electrons. The van der Waals surface area contributed by atoms with Crippen molar-refractivity contribution in [3.8, 4) is 5.75 Å². The Balaban J connectivity index is 1.57. The number of carbonyl (C=O) groups excluding carboxylic acids is 1. The third kappa shape index (κ3) is 7.50. The molecule has 1 amide bonds. The molecular formula is C26H30Cl2N4O2S. The average molecular weight is 534 g/mol. The highest BCUT2D eigenvalue weighted by Gasteiger charge is 2.15. The molecule has 0 bridgehead atoms. The van der Waals surface area contributed by atoms with Gasteiger partial charge in [0, 0.05) is 23.7 Å². The Labute approximate surface area is 221 Å². The van der Waals surface area contributed by atoms with Gasteiger partial charge in [0.25, 0.3) is 0 Å². The Morgan fingerprint density at radius 2 is 1.91 bits per heavy atom. The molecule has 2 aromatic carbocycles. The van der Waals surface area contributed by atoms with E-state index >= 15 is 0 Å². The number of nitrogens with one attached hydrogen (secondary N) is 1. The number of aromatic nitrogens is 3. The molecule has 6 nitrogen and oxygen atoms in total. The van der Waals surface area contributed by atoms with Gasteiger partial charge in [-0.05, 0) is 48.6 Å². The van der Waals surface area contributed by atoms with Crippen LogP contribution < -0.4 is 10.1 Å². The van der Waals surface area contributed by atoms with Gasteiger partial charge in [0.1, 0.15) is 11.6 Å². The van der Waals surface area contributed by atoms with Crippen LogP contribution in [-0.4, -0.2) is 33.0 Å². The first-order valence-corrected chi connectivity index (χ1v) is 13.3. The van der Waals surface area contributed by atoms with Crippen LogP contribution in [0.15, 0.2) is 54.2 Å². The summed E-state index contributed by atoms with van der Waals surface area (Å²) in [7, 11) is 0. The van der Waals surface area contributed by atoms with Crippen molar-refractivity contribution in [1.82, 2.24) is 14.8 Å². The van der Waals surface area contributed by atoms with Crippen molar-refractivity contribution in [3.63, 3.8) is 0 Å². The molecule has 1 aromatic heterocycles. The maximum atomic E-state index is 12.7. The molecule has 0 aliphatic rings. The quantitative estimate of drug-likeness (QED) is 0.152. The fourth-order valence-electron chi connectivity index (χ4n) is 3.64. The van der Waals surface area contributed by atoms with Crippen molar-refractivity contribution in [2.45, 2.75) is 51.2 Å². The SMILES string of the molecule is C=CCn1c(CCCOc2ccc(Cl)cc2Cl)nnc1SCC(=O)Nc1c(CC)cccc1CC. The van der Waals surface area contributed by atoms with Gasteiger partial charge in [-0.1, -0.05) is 73.1 Å². The third-order valence-electron chi connectivity index (χ3n) is 5.40. The highest BCUT2D eigenvalue weighted by atomic mass is 35.5. The lowest BCUT2D eigenvalue weighted by molar-refractivity contribution is -0.113. The molecular weight excluding hydrogens is 503 g/mol. The van der Waals surface area contributed by atoms with E-state index in [4.69, 9.17) is 27.9 Å². The first-order chi connectivity index (χ1) is 17.0. The van der Waals surface area contributed by atoms with Gasteiger partial charge in [-0.15, -0.1) is 16.8 Å². The second-order valence-electron chi connectivity index (χ2n) is 7.82. The summed E-state index contributed by atoms with van der Waals surface area (Å²) >= 11 is 13.5. The molecule has 0 aliphatic heterocycles. The van der Waals surface area contributed by atoms with Crippen LogP contribution in [0.25, 0.3) is 0 Å². The fraction of sp³-hybridized carbons (Fsp3) is 0.346. The van der Waals surface area contributed by atoms with Gasteiger partial charge < -0.3 is 14.6 Å². The number of carbonyl (C=O) groups is 1. The number of thioether (sulfide) groups is 1. The number of benzene rings is 2. The molecule has 0 fully saturated rings. The molecule has 35 heavy (non-hydrogen) atoms. The maximum Gasteiger partial charge on any atom is 0.234 e. The van der Waals surface area contributed by atoms with Crippen LogP contribution >= 0.6 is 35.0 Å². The number of hydrogen-bond acceptors (Lipinski definition) is 5. The smallest absolute Gasteiger partial charge is 0.234 e. The van der Waals surface area contributed by atoms with E-state index in [0.29, 0.717) is 40.5 Å². The largest absolute Gasteiger partial charge is 0.492 e. The number of anilines is 1. The molecule has 0 aliphatic carbocycles. The van der Waals surface area contributed by atoms with Gasteiger partial charge >= 0.3 is 0 Å². The van der Waals surface area contributed by atoms with Crippen molar-refractivity contribution < 1.29 is 9.53 Å². The van der Waals surface area contributed by atoms with E-state index in [1.165, 1.54) is 11.8 Å². The minimum atomic E-state index is -0.0615. The number of amides is 1. The van der Waals surface area contributed by atoms with Gasteiger partial charge in [-0.2, -0.15) is 0 Å². The van der Waals surface area contributed by atoms with E-state index in [0.717, 1.165) is 41.9 Å². The van der Waals surface area contributed by atoms with Crippen LogP contribution in [0.5, 0.6) is 5.75 Å². The van der Waals surface area contributed by atoms with Crippen LogP contribution in [0.1, 0.15) is 37.2 Å². The van der Waals surface area contributed by atoms with E-state index < -0.39 is 0 Å².